The van der Waals surface area contributed by atoms with Gasteiger partial charge < -0.3 is 0 Å². The van der Waals surface area contributed by atoms with Gasteiger partial charge in [0.2, 0.25) is 0 Å². The van der Waals surface area contributed by atoms with Gasteiger partial charge in [-0.05, 0) is 58.7 Å². The van der Waals surface area contributed by atoms with Crippen LogP contribution >= 0.6 is 39.1 Å². The standard InChI is InChI=1S/C16H13BrCl2N2/c1-10-2-5-14-13(8-10)20-16(6-7-18)21(14)15-9-11(19)3-4-12(15)17/h2-5,8-9H,6-7H2,1H3. The minimum Gasteiger partial charge on any atom is -0.295 e. The summed E-state index contributed by atoms with van der Waals surface area (Å²) in [6, 6.07) is 12.0. The van der Waals surface area contributed by atoms with Gasteiger partial charge in [0.15, 0.2) is 0 Å². The van der Waals surface area contributed by atoms with Gasteiger partial charge in [0.25, 0.3) is 0 Å². The fourth-order valence-electron chi connectivity index (χ4n) is 2.42. The molecule has 0 bridgehead atoms. The zero-order chi connectivity index (χ0) is 15.0. The van der Waals surface area contributed by atoms with Gasteiger partial charge in [0.1, 0.15) is 5.82 Å². The van der Waals surface area contributed by atoms with Crippen LogP contribution in [0.15, 0.2) is 40.9 Å². The first-order valence-electron chi connectivity index (χ1n) is 6.59. The van der Waals surface area contributed by atoms with E-state index < -0.39 is 0 Å². The number of imidazole rings is 1. The Morgan fingerprint density at radius 2 is 2.00 bits per heavy atom. The molecule has 108 valence electrons. The van der Waals surface area contributed by atoms with Gasteiger partial charge in [-0.3, -0.25) is 4.57 Å². The Balaban J connectivity index is 2.33. The summed E-state index contributed by atoms with van der Waals surface area (Å²) in [5, 5.41) is 0.694. The topological polar surface area (TPSA) is 17.8 Å². The van der Waals surface area contributed by atoms with Crippen LogP contribution in [0, 0.1) is 6.92 Å². The Hall–Kier alpha value is -1.03. The molecule has 0 spiro atoms. The lowest BCUT2D eigenvalue weighted by Gasteiger charge is -2.11. The molecule has 0 N–H and O–H groups in total. The Morgan fingerprint density at radius 3 is 2.76 bits per heavy atom. The maximum atomic E-state index is 6.16. The van der Waals surface area contributed by atoms with E-state index in [1.54, 1.807) is 0 Å². The molecule has 0 fully saturated rings. The number of rotatable bonds is 3. The highest BCUT2D eigenvalue weighted by Crippen LogP contribution is 2.30. The summed E-state index contributed by atoms with van der Waals surface area (Å²) in [6.45, 7) is 2.06. The average Bonchev–Trinajstić information content (AvgIpc) is 2.79. The van der Waals surface area contributed by atoms with Crippen molar-refractivity contribution in [1.82, 2.24) is 9.55 Å². The second kappa shape index (κ2) is 5.99. The second-order valence-corrected chi connectivity index (χ2v) is 6.56. The normalized spacial score (nSPS) is 11.2. The Morgan fingerprint density at radius 1 is 1.19 bits per heavy atom. The van der Waals surface area contributed by atoms with Gasteiger partial charge in [0, 0.05) is 21.8 Å². The summed E-state index contributed by atoms with van der Waals surface area (Å²) in [5.74, 6) is 1.47. The molecule has 0 aliphatic heterocycles. The van der Waals surface area contributed by atoms with Gasteiger partial charge in [0.05, 0.1) is 16.7 Å². The lowest BCUT2D eigenvalue weighted by molar-refractivity contribution is 0.909. The van der Waals surface area contributed by atoms with Crippen molar-refractivity contribution in [3.63, 3.8) is 0 Å². The van der Waals surface area contributed by atoms with E-state index in [0.29, 0.717) is 17.3 Å². The van der Waals surface area contributed by atoms with Gasteiger partial charge in [-0.25, -0.2) is 4.98 Å². The van der Waals surface area contributed by atoms with Gasteiger partial charge in [-0.2, -0.15) is 0 Å². The summed E-state index contributed by atoms with van der Waals surface area (Å²) >= 11 is 15.7. The van der Waals surface area contributed by atoms with E-state index in [1.807, 2.05) is 18.2 Å². The number of hydrogen-bond donors (Lipinski definition) is 0. The van der Waals surface area contributed by atoms with Crippen LogP contribution in [-0.2, 0) is 6.42 Å². The summed E-state index contributed by atoms with van der Waals surface area (Å²) < 4.78 is 3.09. The number of halogens is 3. The summed E-state index contributed by atoms with van der Waals surface area (Å²) in [6.07, 6.45) is 0.703. The maximum Gasteiger partial charge on any atom is 0.115 e. The fourth-order valence-corrected chi connectivity index (χ4v) is 3.18. The lowest BCUT2D eigenvalue weighted by Crippen LogP contribution is -2.03. The predicted octanol–water partition coefficient (Wildman–Crippen LogP) is 5.53. The highest BCUT2D eigenvalue weighted by molar-refractivity contribution is 9.10. The minimum absolute atomic E-state index is 0.528. The van der Waals surface area contributed by atoms with Gasteiger partial charge in [-0.1, -0.05) is 17.7 Å². The molecular weight excluding hydrogens is 371 g/mol. The third-order valence-corrected chi connectivity index (χ3v) is 4.44. The van der Waals surface area contributed by atoms with E-state index in [4.69, 9.17) is 28.2 Å². The van der Waals surface area contributed by atoms with Crippen molar-refractivity contribution in [2.24, 2.45) is 0 Å². The molecule has 3 rings (SSSR count). The molecule has 2 nitrogen and oxygen atoms in total. The number of alkyl halides is 1. The first kappa shape index (κ1) is 14.9. The molecule has 0 saturated carbocycles. The molecule has 0 amide bonds. The van der Waals surface area contributed by atoms with Crippen molar-refractivity contribution in [3.8, 4) is 5.69 Å². The lowest BCUT2D eigenvalue weighted by atomic mass is 10.2. The second-order valence-electron chi connectivity index (χ2n) is 4.89. The van der Waals surface area contributed by atoms with E-state index in [1.165, 1.54) is 5.56 Å². The smallest absolute Gasteiger partial charge is 0.115 e. The molecule has 0 aliphatic rings. The quantitative estimate of drug-likeness (QED) is 0.543. The third-order valence-electron chi connectivity index (χ3n) is 3.35. The van der Waals surface area contributed by atoms with Crippen LogP contribution in [0.1, 0.15) is 11.4 Å². The molecular formula is C16H13BrCl2N2. The monoisotopic (exact) mass is 382 g/mol. The molecule has 5 heteroatoms. The highest BCUT2D eigenvalue weighted by atomic mass is 79.9. The zero-order valence-electron chi connectivity index (χ0n) is 11.4. The zero-order valence-corrected chi connectivity index (χ0v) is 14.5. The van der Waals surface area contributed by atoms with Crippen molar-refractivity contribution >= 4 is 50.2 Å². The molecule has 2 aromatic carbocycles. The molecule has 1 heterocycles. The molecule has 0 aliphatic carbocycles. The van der Waals surface area contributed by atoms with Crippen LogP contribution in [0.25, 0.3) is 16.7 Å². The Kier molecular flexibility index (Phi) is 4.25. The first-order valence-corrected chi connectivity index (χ1v) is 8.30. The fraction of sp³-hybridized carbons (Fsp3) is 0.188. The molecule has 0 saturated heterocycles. The van der Waals surface area contributed by atoms with E-state index in [2.05, 4.69) is 45.6 Å². The molecule has 21 heavy (non-hydrogen) atoms. The maximum absolute atomic E-state index is 6.16. The SMILES string of the molecule is Cc1ccc2c(c1)nc(CCCl)n2-c1cc(Cl)ccc1Br. The number of hydrogen-bond acceptors (Lipinski definition) is 1. The minimum atomic E-state index is 0.528. The Bertz CT molecular complexity index is 811. The van der Waals surface area contributed by atoms with Crippen LogP contribution in [0.4, 0.5) is 0 Å². The number of fused-ring (bicyclic) bond motifs is 1. The number of benzene rings is 2. The van der Waals surface area contributed by atoms with Crippen LogP contribution in [0.3, 0.4) is 0 Å². The van der Waals surface area contributed by atoms with Crippen molar-refractivity contribution in [3.05, 3.63) is 57.3 Å². The van der Waals surface area contributed by atoms with Crippen molar-refractivity contribution in [1.29, 1.82) is 0 Å². The van der Waals surface area contributed by atoms with E-state index in [9.17, 15) is 0 Å². The van der Waals surface area contributed by atoms with Crippen LogP contribution in [-0.4, -0.2) is 15.4 Å². The van der Waals surface area contributed by atoms with E-state index in [-0.39, 0.29) is 0 Å². The molecule has 1 aromatic heterocycles. The van der Waals surface area contributed by atoms with Crippen molar-refractivity contribution in [2.75, 3.05) is 5.88 Å². The predicted molar refractivity (Wildman–Crippen MR) is 92.9 cm³/mol. The average molecular weight is 384 g/mol. The van der Waals surface area contributed by atoms with Crippen molar-refractivity contribution in [2.45, 2.75) is 13.3 Å². The Labute approximate surface area is 141 Å². The summed E-state index contributed by atoms with van der Waals surface area (Å²) in [7, 11) is 0. The number of nitrogens with zero attached hydrogens (tertiary/aromatic N) is 2. The van der Waals surface area contributed by atoms with E-state index in [0.717, 1.165) is 27.0 Å². The number of aromatic nitrogens is 2. The molecule has 0 unspecified atom stereocenters. The van der Waals surface area contributed by atoms with Crippen molar-refractivity contribution < 1.29 is 0 Å². The molecule has 0 atom stereocenters. The summed E-state index contributed by atoms with van der Waals surface area (Å²) in [4.78, 5) is 4.73. The number of aryl methyl sites for hydroxylation is 2. The van der Waals surface area contributed by atoms with Crippen LogP contribution in [0.5, 0.6) is 0 Å². The van der Waals surface area contributed by atoms with E-state index >= 15 is 0 Å². The summed E-state index contributed by atoms with van der Waals surface area (Å²) in [5.41, 5.74) is 4.20. The largest absolute Gasteiger partial charge is 0.295 e. The first-order chi connectivity index (χ1) is 10.1. The van der Waals surface area contributed by atoms with Crippen LogP contribution < -0.4 is 0 Å². The molecule has 0 radical (unpaired) electrons. The third kappa shape index (κ3) is 2.83. The highest BCUT2D eigenvalue weighted by Gasteiger charge is 2.14. The van der Waals surface area contributed by atoms with Gasteiger partial charge >= 0.3 is 0 Å². The molecule has 3 aromatic rings. The van der Waals surface area contributed by atoms with Crippen LogP contribution in [0.2, 0.25) is 5.02 Å². The van der Waals surface area contributed by atoms with Gasteiger partial charge in [-0.15, -0.1) is 11.6 Å².